The molecule has 0 radical (unpaired) electrons. The van der Waals surface area contributed by atoms with Gasteiger partial charge < -0.3 is 9.67 Å². The number of aliphatic hydroxyl groups is 1. The lowest BCUT2D eigenvalue weighted by Gasteiger charge is -2.07. The molecule has 0 aliphatic rings. The Morgan fingerprint density at radius 2 is 1.90 bits per heavy atom. The highest BCUT2D eigenvalue weighted by Gasteiger charge is 2.12. The number of hydrogen-bond acceptors (Lipinski definition) is 4. The van der Waals surface area contributed by atoms with Crippen molar-refractivity contribution in [2.75, 3.05) is 6.61 Å². The van der Waals surface area contributed by atoms with Gasteiger partial charge in [0.25, 0.3) is 0 Å². The maximum Gasteiger partial charge on any atom is 0.160 e. The van der Waals surface area contributed by atoms with Crippen LogP contribution in [0.5, 0.6) is 0 Å². The summed E-state index contributed by atoms with van der Waals surface area (Å²) in [6, 6.07) is 5.98. The fraction of sp³-hybridized carbons (Fsp3) is 0.267. The second-order valence-electron chi connectivity index (χ2n) is 4.73. The van der Waals surface area contributed by atoms with E-state index in [2.05, 4.69) is 15.0 Å². The summed E-state index contributed by atoms with van der Waals surface area (Å²) in [6.45, 7) is 4.52. The smallest absolute Gasteiger partial charge is 0.160 e. The van der Waals surface area contributed by atoms with E-state index in [9.17, 15) is 0 Å². The van der Waals surface area contributed by atoms with Crippen LogP contribution in [0.15, 0.2) is 30.6 Å². The molecule has 0 fully saturated rings. The average Bonchev–Trinajstić information content (AvgIpc) is 2.75. The number of aliphatic hydroxyl groups excluding tert-OH is 1. The van der Waals surface area contributed by atoms with Gasteiger partial charge in [0.05, 0.1) is 6.61 Å². The van der Waals surface area contributed by atoms with Gasteiger partial charge in [-0.3, -0.25) is 4.98 Å². The molecule has 0 unspecified atom stereocenters. The molecule has 0 bridgehead atoms. The van der Waals surface area contributed by atoms with Crippen molar-refractivity contribution in [3.8, 4) is 11.1 Å². The predicted molar refractivity (Wildman–Crippen MR) is 77.3 cm³/mol. The van der Waals surface area contributed by atoms with Crippen molar-refractivity contribution in [1.29, 1.82) is 0 Å². The first kappa shape index (κ1) is 12.7. The minimum atomic E-state index is 0.0825. The highest BCUT2D eigenvalue weighted by Crippen LogP contribution is 2.25. The minimum Gasteiger partial charge on any atom is -0.395 e. The standard InChI is InChI=1S/C15H16N4O/c1-10-13(12-3-5-16-6-4-12)9-14-15(17-10)19(7-8-20)11(2)18-14/h3-6,9,20H,7-8H2,1-2H3. The Hall–Kier alpha value is -2.27. The summed E-state index contributed by atoms with van der Waals surface area (Å²) in [4.78, 5) is 13.2. The van der Waals surface area contributed by atoms with Gasteiger partial charge in [-0.2, -0.15) is 0 Å². The van der Waals surface area contributed by atoms with E-state index in [1.54, 1.807) is 12.4 Å². The third kappa shape index (κ3) is 2.06. The van der Waals surface area contributed by atoms with E-state index in [1.807, 2.05) is 36.6 Å². The number of hydrogen-bond donors (Lipinski definition) is 1. The van der Waals surface area contributed by atoms with Crippen molar-refractivity contribution in [1.82, 2.24) is 19.5 Å². The zero-order valence-electron chi connectivity index (χ0n) is 11.5. The SMILES string of the molecule is Cc1nc2c(cc1-c1ccncc1)nc(C)n2CCO. The van der Waals surface area contributed by atoms with Gasteiger partial charge in [-0.15, -0.1) is 0 Å². The summed E-state index contributed by atoms with van der Waals surface area (Å²) in [7, 11) is 0. The number of nitrogens with zero attached hydrogens (tertiary/aromatic N) is 4. The first-order valence-corrected chi connectivity index (χ1v) is 6.56. The quantitative estimate of drug-likeness (QED) is 0.790. The molecule has 3 heterocycles. The lowest BCUT2D eigenvalue weighted by molar-refractivity contribution is 0.276. The molecule has 20 heavy (non-hydrogen) atoms. The summed E-state index contributed by atoms with van der Waals surface area (Å²) in [6.07, 6.45) is 3.54. The molecule has 3 rings (SSSR count). The van der Waals surface area contributed by atoms with Gasteiger partial charge in [0.2, 0.25) is 0 Å². The molecule has 3 aromatic rings. The Balaban J connectivity index is 2.21. The first-order chi connectivity index (χ1) is 9.70. The molecule has 0 saturated heterocycles. The van der Waals surface area contributed by atoms with Gasteiger partial charge in [-0.25, -0.2) is 9.97 Å². The van der Waals surface area contributed by atoms with Crippen LogP contribution in [0.1, 0.15) is 11.5 Å². The molecule has 0 saturated carbocycles. The van der Waals surface area contributed by atoms with Crippen molar-refractivity contribution in [2.45, 2.75) is 20.4 Å². The Labute approximate surface area is 117 Å². The molecule has 1 N–H and O–H groups in total. The highest BCUT2D eigenvalue weighted by molar-refractivity contribution is 5.80. The van der Waals surface area contributed by atoms with Gasteiger partial charge in [0.15, 0.2) is 5.65 Å². The number of aromatic nitrogens is 4. The van der Waals surface area contributed by atoms with Gasteiger partial charge in [0.1, 0.15) is 11.3 Å². The average molecular weight is 268 g/mol. The molecule has 0 aromatic carbocycles. The van der Waals surface area contributed by atoms with Crippen LogP contribution in [-0.4, -0.2) is 31.2 Å². The maximum absolute atomic E-state index is 9.14. The van der Waals surface area contributed by atoms with E-state index in [4.69, 9.17) is 5.11 Å². The topological polar surface area (TPSA) is 63.8 Å². The molecular weight excluding hydrogens is 252 g/mol. The number of fused-ring (bicyclic) bond motifs is 1. The molecular formula is C15H16N4O. The number of rotatable bonds is 3. The van der Waals surface area contributed by atoms with Crippen LogP contribution >= 0.6 is 0 Å². The third-order valence-electron chi connectivity index (χ3n) is 3.42. The van der Waals surface area contributed by atoms with Crippen molar-refractivity contribution < 1.29 is 5.11 Å². The molecule has 5 nitrogen and oxygen atoms in total. The Morgan fingerprint density at radius 1 is 1.15 bits per heavy atom. The van der Waals surface area contributed by atoms with E-state index >= 15 is 0 Å². The van der Waals surface area contributed by atoms with Crippen LogP contribution in [0.25, 0.3) is 22.3 Å². The van der Waals surface area contributed by atoms with E-state index in [1.165, 1.54) is 0 Å². The number of imidazole rings is 1. The summed E-state index contributed by atoms with van der Waals surface area (Å²) >= 11 is 0. The van der Waals surface area contributed by atoms with Gasteiger partial charge in [0, 0.05) is 30.2 Å². The van der Waals surface area contributed by atoms with Gasteiger partial charge >= 0.3 is 0 Å². The van der Waals surface area contributed by atoms with Crippen molar-refractivity contribution in [3.63, 3.8) is 0 Å². The second kappa shape index (κ2) is 5.02. The van der Waals surface area contributed by atoms with E-state index < -0.39 is 0 Å². The molecule has 0 atom stereocenters. The largest absolute Gasteiger partial charge is 0.395 e. The molecule has 3 aromatic heterocycles. The van der Waals surface area contributed by atoms with Crippen LogP contribution < -0.4 is 0 Å². The van der Waals surface area contributed by atoms with Crippen LogP contribution in [0, 0.1) is 13.8 Å². The Morgan fingerprint density at radius 3 is 2.60 bits per heavy atom. The van der Waals surface area contributed by atoms with E-state index in [-0.39, 0.29) is 6.61 Å². The maximum atomic E-state index is 9.14. The number of pyridine rings is 2. The fourth-order valence-electron chi connectivity index (χ4n) is 2.44. The summed E-state index contributed by atoms with van der Waals surface area (Å²) in [5, 5.41) is 9.14. The van der Waals surface area contributed by atoms with Crippen molar-refractivity contribution in [3.05, 3.63) is 42.1 Å². The highest BCUT2D eigenvalue weighted by atomic mass is 16.3. The Kier molecular flexibility index (Phi) is 3.20. The van der Waals surface area contributed by atoms with Crippen molar-refractivity contribution in [2.24, 2.45) is 0 Å². The monoisotopic (exact) mass is 268 g/mol. The van der Waals surface area contributed by atoms with Crippen LogP contribution in [0.2, 0.25) is 0 Å². The predicted octanol–water partition coefficient (Wildman–Crippen LogP) is 2.10. The molecule has 102 valence electrons. The molecule has 0 amide bonds. The Bertz CT molecular complexity index is 749. The lowest BCUT2D eigenvalue weighted by Crippen LogP contribution is -2.05. The third-order valence-corrected chi connectivity index (χ3v) is 3.42. The summed E-state index contributed by atoms with van der Waals surface area (Å²) < 4.78 is 1.94. The molecule has 5 heteroatoms. The first-order valence-electron chi connectivity index (χ1n) is 6.56. The molecule has 0 spiro atoms. The van der Waals surface area contributed by atoms with E-state index in [0.29, 0.717) is 6.54 Å². The number of aryl methyl sites for hydroxylation is 2. The minimum absolute atomic E-state index is 0.0825. The lowest BCUT2D eigenvalue weighted by atomic mass is 10.1. The normalized spacial score (nSPS) is 11.2. The van der Waals surface area contributed by atoms with Crippen LogP contribution in [0.4, 0.5) is 0 Å². The summed E-state index contributed by atoms with van der Waals surface area (Å²) in [5.41, 5.74) is 4.78. The van der Waals surface area contributed by atoms with Crippen molar-refractivity contribution >= 4 is 11.2 Å². The fourth-order valence-corrected chi connectivity index (χ4v) is 2.44. The van der Waals surface area contributed by atoms with Crippen LogP contribution in [-0.2, 0) is 6.54 Å². The van der Waals surface area contributed by atoms with Gasteiger partial charge in [-0.05, 0) is 37.6 Å². The second-order valence-corrected chi connectivity index (χ2v) is 4.73. The van der Waals surface area contributed by atoms with E-state index in [0.717, 1.165) is 33.8 Å². The zero-order chi connectivity index (χ0) is 14.1. The van der Waals surface area contributed by atoms with Gasteiger partial charge in [-0.1, -0.05) is 0 Å². The zero-order valence-corrected chi connectivity index (χ0v) is 11.5. The molecule has 0 aliphatic carbocycles. The molecule has 0 aliphatic heterocycles. The van der Waals surface area contributed by atoms with Crippen LogP contribution in [0.3, 0.4) is 0 Å². The summed E-state index contributed by atoms with van der Waals surface area (Å²) in [5.74, 6) is 0.868.